The molecule has 0 saturated carbocycles. The van der Waals surface area contributed by atoms with Gasteiger partial charge in [-0.05, 0) is 71.8 Å². The fraction of sp³-hybridized carbons (Fsp3) is 0.0526. The molecule has 2 heterocycles. The van der Waals surface area contributed by atoms with Crippen molar-refractivity contribution in [3.8, 4) is 23.0 Å². The Labute approximate surface area is 346 Å². The number of nitrogens with zero attached hydrogens (tertiary/aromatic N) is 4. The molecule has 0 fully saturated rings. The summed E-state index contributed by atoms with van der Waals surface area (Å²) in [5.41, 5.74) is 0.421. The Morgan fingerprint density at radius 2 is 0.839 bits per heavy atom. The summed E-state index contributed by atoms with van der Waals surface area (Å²) < 4.78 is 76.5. The number of methoxy groups -OCH3 is 2. The maximum absolute atomic E-state index is 11.9. The zero-order valence-corrected chi connectivity index (χ0v) is 32.8. The molecule has 0 spiro atoms. The average Bonchev–Trinajstić information content (AvgIpc) is 3.19. The number of rotatable bonds is 8. The Morgan fingerprint density at radius 1 is 0.500 bits per heavy atom. The van der Waals surface area contributed by atoms with Gasteiger partial charge in [0.15, 0.2) is 0 Å². The van der Waals surface area contributed by atoms with Crippen LogP contribution in [-0.2, 0) is 54.4 Å². The summed E-state index contributed by atoms with van der Waals surface area (Å²) >= 11 is 0. The second-order valence-electron chi connectivity index (χ2n) is 10.2. The van der Waals surface area contributed by atoms with E-state index in [1.54, 1.807) is 49.1 Å². The first-order chi connectivity index (χ1) is 25.9. The predicted molar refractivity (Wildman–Crippen MR) is 197 cm³/mol. The molecule has 0 N–H and O–H groups in total. The van der Waals surface area contributed by atoms with E-state index in [2.05, 4.69) is 20.0 Å². The minimum atomic E-state index is -4.63. The van der Waals surface area contributed by atoms with Crippen LogP contribution in [0.25, 0.3) is 0 Å². The van der Waals surface area contributed by atoms with Crippen LogP contribution >= 0.6 is 0 Å². The van der Waals surface area contributed by atoms with E-state index in [4.69, 9.17) is 9.47 Å². The summed E-state index contributed by atoms with van der Waals surface area (Å²) in [7, 11) is -6.51. The molecule has 6 aromatic rings. The maximum atomic E-state index is 11.9. The van der Waals surface area contributed by atoms with Gasteiger partial charge in [0, 0.05) is 37.2 Å². The predicted octanol–water partition coefficient (Wildman–Crippen LogP) is 5.01. The molecule has 0 aliphatic rings. The van der Waals surface area contributed by atoms with Crippen molar-refractivity contribution in [2.75, 3.05) is 14.2 Å². The number of hydrogen-bond donors (Lipinski definition) is 0. The molecular weight excluding hydrogens is 864 g/mol. The normalized spacial score (nSPS) is 10.5. The summed E-state index contributed by atoms with van der Waals surface area (Å²) in [5.74, 6) is -0.426. The number of para-hydroxylation sites is 4. The monoisotopic (exact) mass is 894 g/mol. The van der Waals surface area contributed by atoms with Gasteiger partial charge in [0.1, 0.15) is 31.7 Å². The molecule has 18 heteroatoms. The molecule has 14 nitrogen and oxygen atoms in total. The molecule has 0 bridgehead atoms. The molecule has 4 aromatic carbocycles. The number of ether oxygens (including phenoxy) is 2. The minimum Gasteiger partial charge on any atom is -0.870 e. The van der Waals surface area contributed by atoms with Crippen molar-refractivity contribution in [2.24, 2.45) is 9.98 Å². The Kier molecular flexibility index (Phi) is 21.6. The van der Waals surface area contributed by atoms with Crippen molar-refractivity contribution < 1.29 is 79.8 Å². The molecule has 2 radical (unpaired) electrons. The van der Waals surface area contributed by atoms with E-state index in [-0.39, 0.29) is 79.6 Å². The zero-order valence-electron chi connectivity index (χ0n) is 29.3. The quantitative estimate of drug-likeness (QED) is 0.112. The Bertz CT molecular complexity index is 2140. The van der Waals surface area contributed by atoms with Crippen LogP contribution in [0, 0.1) is 0 Å². The molecular formula is C38H32Cu2N4O10S2. The van der Waals surface area contributed by atoms with E-state index < -0.39 is 30.0 Å². The largest absolute Gasteiger partial charge is 2.00 e. The third kappa shape index (κ3) is 16.1. The number of benzene rings is 4. The van der Waals surface area contributed by atoms with Gasteiger partial charge in [-0.15, -0.1) is 0 Å². The second-order valence-corrected chi connectivity index (χ2v) is 12.9. The summed E-state index contributed by atoms with van der Waals surface area (Å²) in [6, 6.07) is 31.7. The molecule has 0 unspecified atom stereocenters. The van der Waals surface area contributed by atoms with Gasteiger partial charge >= 0.3 is 34.1 Å². The minimum absolute atomic E-state index is 0. The number of aliphatic imine (C=N–C) groups is 2. The van der Waals surface area contributed by atoms with Gasteiger partial charge in [-0.25, -0.2) is 16.8 Å². The van der Waals surface area contributed by atoms with E-state index in [0.717, 1.165) is 0 Å². The summed E-state index contributed by atoms with van der Waals surface area (Å²) in [5, 5.41) is 23.8. The Balaban J connectivity index is 0.000000419. The van der Waals surface area contributed by atoms with Gasteiger partial charge in [0.05, 0.1) is 35.4 Å². The number of pyridine rings is 2. The van der Waals surface area contributed by atoms with E-state index in [0.29, 0.717) is 0 Å². The first-order valence-electron chi connectivity index (χ1n) is 15.4. The molecule has 0 atom stereocenters. The van der Waals surface area contributed by atoms with Crippen molar-refractivity contribution in [1.82, 2.24) is 9.97 Å². The number of aromatic nitrogens is 2. The van der Waals surface area contributed by atoms with E-state index in [1.807, 2.05) is 36.4 Å². The fourth-order valence-electron chi connectivity index (χ4n) is 4.04. The van der Waals surface area contributed by atoms with Crippen LogP contribution in [0.15, 0.2) is 166 Å². The Morgan fingerprint density at radius 3 is 1.11 bits per heavy atom. The van der Waals surface area contributed by atoms with Gasteiger partial charge in [-0.2, -0.15) is 0 Å². The first-order valence-corrected chi connectivity index (χ1v) is 18.2. The molecule has 56 heavy (non-hydrogen) atoms. The topological polar surface area (TPSA) is 229 Å². The first kappa shape index (κ1) is 48.6. The summed E-state index contributed by atoms with van der Waals surface area (Å²) in [6.45, 7) is 0. The Hall–Kier alpha value is -5.42. The third-order valence-electron chi connectivity index (χ3n) is 6.55. The van der Waals surface area contributed by atoms with Crippen LogP contribution in [-0.4, -0.2) is 62.6 Å². The molecule has 298 valence electrons. The molecule has 0 aliphatic heterocycles. The third-order valence-corrected chi connectivity index (χ3v) is 8.31. The van der Waals surface area contributed by atoms with Crippen LogP contribution in [0.3, 0.4) is 0 Å². The standard InChI is InChI=1S/2C14H13NO5S.2C5H5N.2Cu/c2*1-20-12-7-4-5-10(14(12)16)9-15-11-6-2-3-8-13(11)21(17,18)19;2*1-2-4-6-5-3-1;;/h2*2-9,16H,1H3,(H,17,18,19);2*1-5H;;/q;;;;2*+2/p-4. The summed E-state index contributed by atoms with van der Waals surface area (Å²) in [4.78, 5) is 14.5. The van der Waals surface area contributed by atoms with Crippen molar-refractivity contribution in [3.63, 3.8) is 0 Å². The average molecular weight is 896 g/mol. The molecule has 0 saturated heterocycles. The zero-order chi connectivity index (χ0) is 39.4. The van der Waals surface area contributed by atoms with Crippen LogP contribution < -0.4 is 19.7 Å². The van der Waals surface area contributed by atoms with Gasteiger partial charge in [-0.1, -0.05) is 72.2 Å². The fourth-order valence-corrected chi connectivity index (χ4v) is 5.29. The molecule has 0 amide bonds. The van der Waals surface area contributed by atoms with Crippen molar-refractivity contribution in [3.05, 3.63) is 157 Å². The van der Waals surface area contributed by atoms with Gasteiger partial charge in [0.2, 0.25) is 0 Å². The van der Waals surface area contributed by atoms with Gasteiger partial charge < -0.3 is 28.8 Å². The molecule has 0 aliphatic carbocycles. The van der Waals surface area contributed by atoms with Crippen LogP contribution in [0.5, 0.6) is 23.0 Å². The maximum Gasteiger partial charge on any atom is 2.00 e. The van der Waals surface area contributed by atoms with Gasteiger partial charge in [0.25, 0.3) is 0 Å². The SMILES string of the molecule is COc1cccc(C=Nc2ccccc2S(=O)(=O)[O-])c1[O-].COc1cccc(C=Nc2ccccc2S(=O)(=O)[O-])c1[O-].[Cu+2].[Cu+2].c1ccncc1.c1ccncc1. The number of hydrogen-bond acceptors (Lipinski definition) is 14. The molecule has 2 aromatic heterocycles. The summed E-state index contributed by atoms with van der Waals surface area (Å²) in [6.07, 6.45) is 9.41. The van der Waals surface area contributed by atoms with Crippen molar-refractivity contribution in [1.29, 1.82) is 0 Å². The van der Waals surface area contributed by atoms with E-state index >= 15 is 0 Å². The molecule has 6 rings (SSSR count). The second kappa shape index (κ2) is 24.9. The van der Waals surface area contributed by atoms with E-state index in [9.17, 15) is 36.2 Å². The van der Waals surface area contributed by atoms with Crippen LogP contribution in [0.1, 0.15) is 11.1 Å². The van der Waals surface area contributed by atoms with Gasteiger partial charge in [-0.3, -0.25) is 20.0 Å². The van der Waals surface area contributed by atoms with E-state index in [1.165, 1.54) is 87.3 Å². The van der Waals surface area contributed by atoms with Crippen LogP contribution in [0.2, 0.25) is 0 Å². The smallest absolute Gasteiger partial charge is 0.870 e. The van der Waals surface area contributed by atoms with Crippen molar-refractivity contribution >= 4 is 44.0 Å². The van der Waals surface area contributed by atoms with Crippen LogP contribution in [0.4, 0.5) is 11.4 Å². The van der Waals surface area contributed by atoms with Crippen molar-refractivity contribution in [2.45, 2.75) is 9.79 Å².